The molecule has 18 heavy (non-hydrogen) atoms. The van der Waals surface area contributed by atoms with Crippen molar-refractivity contribution in [3.63, 3.8) is 0 Å². The number of rotatable bonds is 7. The molecule has 0 saturated carbocycles. The highest BCUT2D eigenvalue weighted by atomic mass is 16.4. The van der Waals surface area contributed by atoms with E-state index in [0.717, 1.165) is 17.5 Å². The minimum Gasteiger partial charge on any atom is -0.478 e. The number of aliphatic carboxylic acids is 1. The SMILES string of the molecule is CCCCCCc1cccc(C)c1C=CC(=O)O. The van der Waals surface area contributed by atoms with E-state index in [1.54, 1.807) is 6.08 Å². The van der Waals surface area contributed by atoms with Gasteiger partial charge in [0, 0.05) is 6.08 Å². The zero-order valence-electron chi connectivity index (χ0n) is 11.3. The Hall–Kier alpha value is -1.57. The van der Waals surface area contributed by atoms with Crippen molar-refractivity contribution >= 4 is 12.0 Å². The molecule has 0 heterocycles. The van der Waals surface area contributed by atoms with Crippen LogP contribution >= 0.6 is 0 Å². The van der Waals surface area contributed by atoms with E-state index < -0.39 is 5.97 Å². The van der Waals surface area contributed by atoms with Crippen LogP contribution in [0.25, 0.3) is 6.08 Å². The number of benzene rings is 1. The lowest BCUT2D eigenvalue weighted by Crippen LogP contribution is -1.94. The van der Waals surface area contributed by atoms with Crippen molar-refractivity contribution in [3.8, 4) is 0 Å². The zero-order valence-corrected chi connectivity index (χ0v) is 11.3. The molecule has 0 radical (unpaired) electrons. The molecular weight excluding hydrogens is 224 g/mol. The first kappa shape index (κ1) is 14.5. The fourth-order valence-corrected chi connectivity index (χ4v) is 2.09. The summed E-state index contributed by atoms with van der Waals surface area (Å²) in [5.74, 6) is -0.893. The third-order valence-electron chi connectivity index (χ3n) is 3.11. The Bertz CT molecular complexity index is 419. The molecule has 0 spiro atoms. The second kappa shape index (κ2) is 7.70. The molecule has 1 rings (SSSR count). The van der Waals surface area contributed by atoms with E-state index in [1.807, 2.05) is 19.1 Å². The summed E-state index contributed by atoms with van der Waals surface area (Å²) in [7, 11) is 0. The van der Waals surface area contributed by atoms with Gasteiger partial charge in [-0.2, -0.15) is 0 Å². The van der Waals surface area contributed by atoms with Gasteiger partial charge in [0.1, 0.15) is 0 Å². The first-order chi connectivity index (χ1) is 8.65. The number of carbonyl (C=O) groups is 1. The van der Waals surface area contributed by atoms with E-state index in [-0.39, 0.29) is 0 Å². The van der Waals surface area contributed by atoms with Gasteiger partial charge in [-0.3, -0.25) is 0 Å². The summed E-state index contributed by atoms with van der Waals surface area (Å²) < 4.78 is 0. The Morgan fingerprint density at radius 2 is 2.06 bits per heavy atom. The van der Waals surface area contributed by atoms with Crippen molar-refractivity contribution in [2.75, 3.05) is 0 Å². The maximum atomic E-state index is 10.6. The number of hydrogen-bond acceptors (Lipinski definition) is 1. The van der Waals surface area contributed by atoms with Crippen LogP contribution in [-0.4, -0.2) is 11.1 Å². The lowest BCUT2D eigenvalue weighted by molar-refractivity contribution is -0.131. The van der Waals surface area contributed by atoms with Crippen molar-refractivity contribution in [1.29, 1.82) is 0 Å². The summed E-state index contributed by atoms with van der Waals surface area (Å²) in [4.78, 5) is 10.6. The molecule has 2 heteroatoms. The fraction of sp³-hybridized carbons (Fsp3) is 0.438. The molecule has 0 aliphatic carbocycles. The Kier molecular flexibility index (Phi) is 6.20. The molecule has 0 aliphatic heterocycles. The van der Waals surface area contributed by atoms with Crippen molar-refractivity contribution in [1.82, 2.24) is 0 Å². The van der Waals surface area contributed by atoms with Gasteiger partial charge in [0.05, 0.1) is 0 Å². The molecule has 0 fully saturated rings. The predicted octanol–water partition coefficient (Wildman–Crippen LogP) is 4.22. The molecule has 2 nitrogen and oxygen atoms in total. The van der Waals surface area contributed by atoms with Crippen LogP contribution in [0.5, 0.6) is 0 Å². The van der Waals surface area contributed by atoms with Gasteiger partial charge in [-0.25, -0.2) is 4.79 Å². The van der Waals surface area contributed by atoms with Crippen molar-refractivity contribution in [2.24, 2.45) is 0 Å². The largest absolute Gasteiger partial charge is 0.478 e. The lowest BCUT2D eigenvalue weighted by Gasteiger charge is -2.09. The predicted molar refractivity (Wildman–Crippen MR) is 75.7 cm³/mol. The first-order valence-corrected chi connectivity index (χ1v) is 6.64. The number of aryl methyl sites for hydroxylation is 2. The number of carboxylic acids is 1. The number of carboxylic acid groups (broad SMARTS) is 1. The maximum absolute atomic E-state index is 10.6. The van der Waals surface area contributed by atoms with Gasteiger partial charge in [-0.1, -0.05) is 44.4 Å². The highest BCUT2D eigenvalue weighted by Gasteiger charge is 2.03. The Balaban J connectivity index is 2.77. The van der Waals surface area contributed by atoms with Gasteiger partial charge in [-0.05, 0) is 42.5 Å². The Labute approximate surface area is 109 Å². The summed E-state index contributed by atoms with van der Waals surface area (Å²) in [6.45, 7) is 4.23. The molecule has 1 N–H and O–H groups in total. The van der Waals surface area contributed by atoms with Crippen LogP contribution in [0.3, 0.4) is 0 Å². The van der Waals surface area contributed by atoms with E-state index in [0.29, 0.717) is 0 Å². The smallest absolute Gasteiger partial charge is 0.328 e. The van der Waals surface area contributed by atoms with Crippen molar-refractivity contribution in [2.45, 2.75) is 46.0 Å². The molecule has 1 aromatic carbocycles. The molecule has 98 valence electrons. The minimum atomic E-state index is -0.893. The van der Waals surface area contributed by atoms with E-state index in [4.69, 9.17) is 5.11 Å². The van der Waals surface area contributed by atoms with Gasteiger partial charge in [-0.15, -0.1) is 0 Å². The lowest BCUT2D eigenvalue weighted by atomic mass is 9.97. The Morgan fingerprint density at radius 1 is 1.28 bits per heavy atom. The molecule has 0 saturated heterocycles. The second-order valence-corrected chi connectivity index (χ2v) is 4.63. The summed E-state index contributed by atoms with van der Waals surface area (Å²) in [6, 6.07) is 6.17. The summed E-state index contributed by atoms with van der Waals surface area (Å²) in [5, 5.41) is 8.72. The highest BCUT2D eigenvalue weighted by Crippen LogP contribution is 2.18. The van der Waals surface area contributed by atoms with Gasteiger partial charge >= 0.3 is 5.97 Å². The van der Waals surface area contributed by atoms with Gasteiger partial charge in [0.15, 0.2) is 0 Å². The topological polar surface area (TPSA) is 37.3 Å². The average Bonchev–Trinajstić information content (AvgIpc) is 2.33. The van der Waals surface area contributed by atoms with Crippen LogP contribution in [0.4, 0.5) is 0 Å². The number of unbranched alkanes of at least 4 members (excludes halogenated alkanes) is 3. The average molecular weight is 246 g/mol. The standard InChI is InChI=1S/C16H22O2/c1-3-4-5-6-9-14-10-7-8-13(2)15(14)11-12-16(17)18/h7-8,10-12H,3-6,9H2,1-2H3,(H,17,18). The molecule has 0 aromatic heterocycles. The molecule has 0 atom stereocenters. The highest BCUT2D eigenvalue weighted by molar-refractivity contribution is 5.85. The third-order valence-corrected chi connectivity index (χ3v) is 3.11. The normalized spacial score (nSPS) is 11.0. The van der Waals surface area contributed by atoms with Crippen molar-refractivity contribution in [3.05, 3.63) is 41.0 Å². The van der Waals surface area contributed by atoms with Crippen LogP contribution in [0.15, 0.2) is 24.3 Å². The maximum Gasteiger partial charge on any atom is 0.328 e. The van der Waals surface area contributed by atoms with Crippen LogP contribution < -0.4 is 0 Å². The summed E-state index contributed by atoms with van der Waals surface area (Å²) >= 11 is 0. The molecule has 0 bridgehead atoms. The van der Waals surface area contributed by atoms with Gasteiger partial charge < -0.3 is 5.11 Å². The van der Waals surface area contributed by atoms with Crippen LogP contribution in [0.2, 0.25) is 0 Å². The van der Waals surface area contributed by atoms with Crippen LogP contribution in [0, 0.1) is 6.92 Å². The van der Waals surface area contributed by atoms with Crippen LogP contribution in [0.1, 0.15) is 49.3 Å². The van der Waals surface area contributed by atoms with Crippen molar-refractivity contribution < 1.29 is 9.90 Å². The quantitative estimate of drug-likeness (QED) is 0.578. The van der Waals surface area contributed by atoms with E-state index in [1.165, 1.54) is 37.3 Å². The molecule has 1 aromatic rings. The molecular formula is C16H22O2. The van der Waals surface area contributed by atoms with E-state index >= 15 is 0 Å². The zero-order chi connectivity index (χ0) is 13.4. The summed E-state index contributed by atoms with van der Waals surface area (Å²) in [5.41, 5.74) is 3.46. The monoisotopic (exact) mass is 246 g/mol. The van der Waals surface area contributed by atoms with E-state index in [2.05, 4.69) is 13.0 Å². The molecule has 0 aliphatic rings. The molecule has 0 amide bonds. The Morgan fingerprint density at radius 3 is 2.72 bits per heavy atom. The molecule has 0 unspecified atom stereocenters. The minimum absolute atomic E-state index is 0.893. The fourth-order valence-electron chi connectivity index (χ4n) is 2.09. The second-order valence-electron chi connectivity index (χ2n) is 4.63. The third kappa shape index (κ3) is 4.74. The summed E-state index contributed by atoms with van der Waals surface area (Å²) in [6.07, 6.45) is 8.88. The van der Waals surface area contributed by atoms with Gasteiger partial charge in [0.25, 0.3) is 0 Å². The first-order valence-electron chi connectivity index (χ1n) is 6.64. The van der Waals surface area contributed by atoms with E-state index in [9.17, 15) is 4.79 Å². The van der Waals surface area contributed by atoms with Crippen LogP contribution in [-0.2, 0) is 11.2 Å². The number of hydrogen-bond donors (Lipinski definition) is 1. The van der Waals surface area contributed by atoms with Gasteiger partial charge in [0.2, 0.25) is 0 Å².